The predicted molar refractivity (Wildman–Crippen MR) is 137 cm³/mol. The van der Waals surface area contributed by atoms with Crippen LogP contribution in [-0.4, -0.2) is 48.7 Å². The Hall–Kier alpha value is -3.34. The molecule has 186 valence electrons. The van der Waals surface area contributed by atoms with Crippen molar-refractivity contribution in [2.75, 3.05) is 22.7 Å². The summed E-state index contributed by atoms with van der Waals surface area (Å²) in [7, 11) is -3.99. The summed E-state index contributed by atoms with van der Waals surface area (Å²) in [6.07, 6.45) is 3.51. The Bertz CT molecular complexity index is 1530. The van der Waals surface area contributed by atoms with Crippen LogP contribution in [0.25, 0.3) is 22.2 Å². The zero-order chi connectivity index (χ0) is 25.4. The highest BCUT2D eigenvalue weighted by molar-refractivity contribution is 7.92. The van der Waals surface area contributed by atoms with Gasteiger partial charge in [0.05, 0.1) is 40.0 Å². The lowest BCUT2D eigenvalue weighted by Crippen LogP contribution is -2.45. The number of benzene rings is 2. The Kier molecular flexibility index (Phi) is 6.50. The Morgan fingerprint density at radius 2 is 1.69 bits per heavy atom. The summed E-state index contributed by atoms with van der Waals surface area (Å²) in [6.45, 7) is 5.51. The minimum absolute atomic E-state index is 0.0112. The maximum Gasteiger partial charge on any atom is 0.261 e. The fourth-order valence-corrected chi connectivity index (χ4v) is 5.46. The molecule has 0 spiro atoms. The SMILES string of the molecule is CC1CN(c2cnc3ccc(-c4cnc(Cl)c(NS(=O)(=O)c5ccc(F)cc5)c4)cc3n2)CC(C)O1. The average Bonchev–Trinajstić information content (AvgIpc) is 2.84. The second kappa shape index (κ2) is 9.61. The number of nitrogens with one attached hydrogen (secondary N) is 1. The molecule has 0 saturated carbocycles. The van der Waals surface area contributed by atoms with Crippen LogP contribution in [-0.2, 0) is 14.8 Å². The third-order valence-electron chi connectivity index (χ3n) is 5.81. The molecule has 1 aliphatic heterocycles. The van der Waals surface area contributed by atoms with Crippen LogP contribution in [0.2, 0.25) is 5.15 Å². The predicted octanol–water partition coefficient (Wildman–Crippen LogP) is 4.90. The van der Waals surface area contributed by atoms with Gasteiger partial charge in [0.1, 0.15) is 11.6 Å². The normalized spacial score (nSPS) is 18.4. The van der Waals surface area contributed by atoms with Crippen LogP contribution in [0.1, 0.15) is 13.8 Å². The first-order valence-corrected chi connectivity index (χ1v) is 13.2. The summed E-state index contributed by atoms with van der Waals surface area (Å²) in [5.74, 6) is 0.236. The van der Waals surface area contributed by atoms with Crippen LogP contribution in [0.4, 0.5) is 15.9 Å². The molecule has 36 heavy (non-hydrogen) atoms. The van der Waals surface area contributed by atoms with Crippen molar-refractivity contribution in [1.29, 1.82) is 0 Å². The number of morpholine rings is 1. The summed E-state index contributed by atoms with van der Waals surface area (Å²) in [4.78, 5) is 15.6. The fourth-order valence-electron chi connectivity index (χ4n) is 4.19. The zero-order valence-corrected chi connectivity index (χ0v) is 21.1. The van der Waals surface area contributed by atoms with Gasteiger partial charge in [-0.15, -0.1) is 0 Å². The molecular weight excluding hydrogens is 505 g/mol. The number of sulfonamides is 1. The Balaban J connectivity index is 1.46. The lowest BCUT2D eigenvalue weighted by Gasteiger charge is -2.35. The van der Waals surface area contributed by atoms with Crippen LogP contribution in [0.15, 0.2) is 65.8 Å². The van der Waals surface area contributed by atoms with Crippen LogP contribution < -0.4 is 9.62 Å². The highest BCUT2D eigenvalue weighted by Crippen LogP contribution is 2.30. The van der Waals surface area contributed by atoms with E-state index in [1.165, 1.54) is 12.1 Å². The smallest absolute Gasteiger partial charge is 0.261 e. The third-order valence-corrected chi connectivity index (χ3v) is 7.50. The van der Waals surface area contributed by atoms with E-state index < -0.39 is 15.8 Å². The molecule has 1 fully saturated rings. The first kappa shape index (κ1) is 24.4. The summed E-state index contributed by atoms with van der Waals surface area (Å²) in [6, 6.07) is 11.7. The average molecular weight is 528 g/mol. The van der Waals surface area contributed by atoms with Crippen LogP contribution in [0.3, 0.4) is 0 Å². The van der Waals surface area contributed by atoms with Crippen molar-refractivity contribution in [3.63, 3.8) is 0 Å². The van der Waals surface area contributed by atoms with E-state index in [4.69, 9.17) is 21.3 Å². The zero-order valence-electron chi connectivity index (χ0n) is 19.5. The van der Waals surface area contributed by atoms with Gasteiger partial charge in [-0.25, -0.2) is 22.8 Å². The van der Waals surface area contributed by atoms with Crippen LogP contribution >= 0.6 is 11.6 Å². The van der Waals surface area contributed by atoms with Crippen LogP contribution in [0, 0.1) is 5.82 Å². The van der Waals surface area contributed by atoms with Crippen molar-refractivity contribution in [2.24, 2.45) is 0 Å². The molecule has 1 aliphatic rings. The largest absolute Gasteiger partial charge is 0.372 e. The van der Waals surface area contributed by atoms with Gasteiger partial charge in [0.2, 0.25) is 0 Å². The quantitative estimate of drug-likeness (QED) is 0.369. The number of ether oxygens (including phenoxy) is 1. The fraction of sp³-hybridized carbons (Fsp3) is 0.240. The molecule has 4 aromatic rings. The molecule has 2 unspecified atom stereocenters. The maximum absolute atomic E-state index is 13.2. The van der Waals surface area contributed by atoms with Gasteiger partial charge in [0, 0.05) is 24.8 Å². The molecule has 2 aromatic heterocycles. The van der Waals surface area contributed by atoms with E-state index >= 15 is 0 Å². The van der Waals surface area contributed by atoms with Gasteiger partial charge in [0.15, 0.2) is 5.15 Å². The monoisotopic (exact) mass is 527 g/mol. The van der Waals surface area contributed by atoms with Crippen molar-refractivity contribution < 1.29 is 17.5 Å². The molecule has 11 heteroatoms. The van der Waals surface area contributed by atoms with E-state index in [2.05, 4.69) is 19.6 Å². The maximum atomic E-state index is 13.2. The second-order valence-electron chi connectivity index (χ2n) is 8.72. The van der Waals surface area contributed by atoms with Crippen molar-refractivity contribution in [3.05, 3.63) is 71.9 Å². The van der Waals surface area contributed by atoms with E-state index in [1.807, 2.05) is 32.0 Å². The van der Waals surface area contributed by atoms with E-state index in [0.29, 0.717) is 11.1 Å². The number of fused-ring (bicyclic) bond motifs is 1. The number of rotatable bonds is 5. The molecule has 0 amide bonds. The molecule has 3 heterocycles. The molecule has 1 saturated heterocycles. The van der Waals surface area contributed by atoms with E-state index in [0.717, 1.165) is 42.1 Å². The molecule has 0 radical (unpaired) electrons. The number of halogens is 2. The summed E-state index contributed by atoms with van der Waals surface area (Å²) >= 11 is 6.19. The van der Waals surface area contributed by atoms with Gasteiger partial charge < -0.3 is 9.64 Å². The van der Waals surface area contributed by atoms with Gasteiger partial charge >= 0.3 is 0 Å². The van der Waals surface area contributed by atoms with E-state index in [9.17, 15) is 12.8 Å². The number of aromatic nitrogens is 3. The first-order valence-electron chi connectivity index (χ1n) is 11.3. The molecule has 0 aliphatic carbocycles. The van der Waals surface area contributed by atoms with Crippen molar-refractivity contribution in [1.82, 2.24) is 15.0 Å². The lowest BCUT2D eigenvalue weighted by atomic mass is 10.1. The second-order valence-corrected chi connectivity index (χ2v) is 10.8. The van der Waals surface area contributed by atoms with Gasteiger partial charge in [-0.1, -0.05) is 17.7 Å². The number of hydrogen-bond donors (Lipinski definition) is 1. The van der Waals surface area contributed by atoms with Crippen molar-refractivity contribution >= 4 is 44.2 Å². The Labute approximate surface area is 213 Å². The molecular formula is C25H23ClFN5O3S. The van der Waals surface area contributed by atoms with Gasteiger partial charge in [-0.2, -0.15) is 0 Å². The number of anilines is 2. The standard InChI is InChI=1S/C25H23ClFN5O3S/c1-15-13-32(14-16(2)35-15)24-12-28-21-8-3-17(9-22(21)30-24)18-10-23(25(26)29-11-18)31-36(33,34)20-6-4-19(27)5-7-20/h3-12,15-16,31H,13-14H2,1-2H3. The number of hydrogen-bond acceptors (Lipinski definition) is 7. The lowest BCUT2D eigenvalue weighted by molar-refractivity contribution is -0.00546. The molecule has 0 bridgehead atoms. The molecule has 2 aromatic carbocycles. The summed E-state index contributed by atoms with van der Waals surface area (Å²) in [5, 5.41) is -0.0112. The van der Waals surface area contributed by atoms with Gasteiger partial charge in [0.25, 0.3) is 10.0 Å². The van der Waals surface area contributed by atoms with E-state index in [-0.39, 0.29) is 27.9 Å². The molecule has 1 N–H and O–H groups in total. The first-order chi connectivity index (χ1) is 17.2. The highest BCUT2D eigenvalue weighted by Gasteiger charge is 2.23. The van der Waals surface area contributed by atoms with Gasteiger partial charge in [-0.05, 0) is 61.9 Å². The summed E-state index contributed by atoms with van der Waals surface area (Å²) < 4.78 is 47.0. The molecule has 5 rings (SSSR count). The topological polar surface area (TPSA) is 97.3 Å². The van der Waals surface area contributed by atoms with Crippen LogP contribution in [0.5, 0.6) is 0 Å². The van der Waals surface area contributed by atoms with Gasteiger partial charge in [-0.3, -0.25) is 9.71 Å². The minimum Gasteiger partial charge on any atom is -0.372 e. The van der Waals surface area contributed by atoms with E-state index in [1.54, 1.807) is 18.5 Å². The summed E-state index contributed by atoms with van der Waals surface area (Å²) in [5.41, 5.74) is 2.94. The third kappa shape index (κ3) is 5.11. The highest BCUT2D eigenvalue weighted by atomic mass is 35.5. The molecule has 2 atom stereocenters. The number of nitrogens with zero attached hydrogens (tertiary/aromatic N) is 4. The Morgan fingerprint density at radius 3 is 2.42 bits per heavy atom. The molecule has 8 nitrogen and oxygen atoms in total. The van der Waals surface area contributed by atoms with Crippen molar-refractivity contribution in [2.45, 2.75) is 31.0 Å². The van der Waals surface area contributed by atoms with Crippen molar-refractivity contribution in [3.8, 4) is 11.1 Å². The minimum atomic E-state index is -3.99. The Morgan fingerprint density at radius 1 is 0.972 bits per heavy atom. The number of pyridine rings is 1.